The van der Waals surface area contributed by atoms with Crippen molar-refractivity contribution in [1.82, 2.24) is 10.2 Å². The molecule has 0 spiro atoms. The molecule has 2 fully saturated rings. The van der Waals surface area contributed by atoms with E-state index in [1.807, 2.05) is 4.90 Å². The van der Waals surface area contributed by atoms with Crippen LogP contribution >= 0.6 is 0 Å². The number of hydrogen-bond acceptors (Lipinski definition) is 3. The number of amides is 2. The van der Waals surface area contributed by atoms with Crippen LogP contribution in [-0.2, 0) is 16.0 Å². The molecule has 2 aliphatic rings. The van der Waals surface area contributed by atoms with Crippen molar-refractivity contribution >= 4 is 11.8 Å². The Balaban J connectivity index is 1.66. The molecule has 5 atom stereocenters. The highest BCUT2D eigenvalue weighted by molar-refractivity contribution is 5.87. The van der Waals surface area contributed by atoms with E-state index in [0.29, 0.717) is 18.9 Å². The van der Waals surface area contributed by atoms with Gasteiger partial charge in [0.05, 0.1) is 0 Å². The van der Waals surface area contributed by atoms with Crippen LogP contribution in [0.15, 0.2) is 12.1 Å². The van der Waals surface area contributed by atoms with Crippen molar-refractivity contribution in [3.63, 3.8) is 0 Å². The third-order valence-corrected chi connectivity index (χ3v) is 5.96. The van der Waals surface area contributed by atoms with Gasteiger partial charge in [0.1, 0.15) is 11.9 Å². The molecule has 0 aliphatic carbocycles. The van der Waals surface area contributed by atoms with Crippen molar-refractivity contribution in [3.05, 3.63) is 35.1 Å². The molecule has 0 radical (unpaired) electrons. The lowest BCUT2D eigenvalue weighted by Crippen LogP contribution is -2.55. The number of hydrogen-bond donors (Lipinski definition) is 2. The van der Waals surface area contributed by atoms with Crippen LogP contribution < -0.4 is 11.1 Å². The van der Waals surface area contributed by atoms with Crippen LogP contribution in [0.5, 0.6) is 0 Å². The predicted molar refractivity (Wildman–Crippen MR) is 97.7 cm³/mol. The summed E-state index contributed by atoms with van der Waals surface area (Å²) in [5.74, 6) is -3.39. The van der Waals surface area contributed by atoms with Crippen molar-refractivity contribution in [2.45, 2.75) is 70.1 Å². The number of halogens is 3. The molecule has 8 heteroatoms. The number of carbonyl (C=O) groups excluding carboxylic acids is 2. The van der Waals surface area contributed by atoms with Crippen LogP contribution in [0.2, 0.25) is 0 Å². The number of carbonyl (C=O) groups is 2. The van der Waals surface area contributed by atoms with E-state index in [4.69, 9.17) is 5.73 Å². The molecular formula is C20H26F3N3O2. The topological polar surface area (TPSA) is 75.4 Å². The molecule has 2 unspecified atom stereocenters. The van der Waals surface area contributed by atoms with E-state index in [2.05, 4.69) is 5.32 Å². The van der Waals surface area contributed by atoms with Crippen molar-refractivity contribution in [3.8, 4) is 0 Å². The maximum Gasteiger partial charge on any atom is 0.245 e. The van der Waals surface area contributed by atoms with E-state index in [0.717, 1.165) is 18.9 Å². The molecule has 2 bridgehead atoms. The lowest BCUT2D eigenvalue weighted by atomic mass is 9.82. The zero-order chi connectivity index (χ0) is 20.6. The molecule has 1 aromatic carbocycles. The van der Waals surface area contributed by atoms with Crippen molar-refractivity contribution < 1.29 is 22.8 Å². The second-order valence-corrected chi connectivity index (χ2v) is 8.01. The van der Waals surface area contributed by atoms with Crippen LogP contribution in [0.3, 0.4) is 0 Å². The Kier molecular flexibility index (Phi) is 5.98. The average Bonchev–Trinajstić information content (AvgIpc) is 2.87. The first-order chi connectivity index (χ1) is 13.2. The second-order valence-electron chi connectivity index (χ2n) is 8.01. The largest absolute Gasteiger partial charge is 0.345 e. The molecule has 5 nitrogen and oxygen atoms in total. The van der Waals surface area contributed by atoms with Crippen LogP contribution in [0.25, 0.3) is 0 Å². The van der Waals surface area contributed by atoms with Crippen molar-refractivity contribution in [1.29, 1.82) is 0 Å². The van der Waals surface area contributed by atoms with E-state index in [1.165, 1.54) is 6.92 Å². The monoisotopic (exact) mass is 397 g/mol. The smallest absolute Gasteiger partial charge is 0.245 e. The number of fused-ring (bicyclic) bond motifs is 2. The second kappa shape index (κ2) is 8.11. The van der Waals surface area contributed by atoms with E-state index in [9.17, 15) is 22.8 Å². The van der Waals surface area contributed by atoms with Gasteiger partial charge in [-0.2, -0.15) is 0 Å². The number of piperidine rings is 1. The van der Waals surface area contributed by atoms with Gasteiger partial charge in [0.25, 0.3) is 0 Å². The summed E-state index contributed by atoms with van der Waals surface area (Å²) in [6.07, 6.45) is 3.21. The maximum absolute atomic E-state index is 13.9. The molecule has 0 saturated carbocycles. The molecule has 3 rings (SSSR count). The van der Waals surface area contributed by atoms with Gasteiger partial charge in [0, 0.05) is 31.1 Å². The fourth-order valence-electron chi connectivity index (χ4n) is 4.66. The van der Waals surface area contributed by atoms with Gasteiger partial charge in [-0.1, -0.05) is 0 Å². The Labute approximate surface area is 162 Å². The average molecular weight is 397 g/mol. The summed E-state index contributed by atoms with van der Waals surface area (Å²) in [4.78, 5) is 25.8. The molecular weight excluding hydrogens is 371 g/mol. The first kappa shape index (κ1) is 20.6. The van der Waals surface area contributed by atoms with Crippen molar-refractivity contribution in [2.75, 3.05) is 0 Å². The molecule has 0 aromatic heterocycles. The quantitative estimate of drug-likeness (QED) is 0.749. The summed E-state index contributed by atoms with van der Waals surface area (Å²) in [6, 6.07) is 0.495. The fraction of sp³-hybridized carbons (Fsp3) is 0.600. The Hall–Kier alpha value is -2.09. The lowest BCUT2D eigenvalue weighted by Gasteiger charge is -2.42. The maximum atomic E-state index is 13.9. The van der Waals surface area contributed by atoms with E-state index >= 15 is 0 Å². The molecule has 2 saturated heterocycles. The molecule has 1 aromatic rings. The minimum absolute atomic E-state index is 0.0355. The minimum Gasteiger partial charge on any atom is -0.345 e. The number of benzene rings is 1. The number of rotatable bonds is 5. The fourth-order valence-corrected chi connectivity index (χ4v) is 4.66. The zero-order valence-corrected chi connectivity index (χ0v) is 16.1. The minimum atomic E-state index is -1.21. The highest BCUT2D eigenvalue weighted by Gasteiger charge is 2.45. The summed E-state index contributed by atoms with van der Waals surface area (Å²) in [5, 5.41) is 2.63. The molecule has 154 valence electrons. The third kappa shape index (κ3) is 4.16. The van der Waals surface area contributed by atoms with Crippen LogP contribution in [0.1, 0.15) is 45.1 Å². The van der Waals surface area contributed by atoms with Gasteiger partial charge in [0.2, 0.25) is 11.8 Å². The first-order valence-electron chi connectivity index (χ1n) is 9.65. The standard InChI is InChI=1S/C20H26F3N3O2/c1-10(25-11(2)27)20(28)26-14-3-4-15(26)6-13(5-14)19(24)8-12-7-17(22)18(23)9-16(12)21/h7,9-10,13-15,19H,3-6,8,24H2,1-2H3,(H,25,27)/t10?,13?,14-,15+,19-/m1/s1. The molecule has 2 aliphatic heterocycles. The van der Waals surface area contributed by atoms with E-state index in [1.54, 1.807) is 6.92 Å². The Morgan fingerprint density at radius 1 is 1.14 bits per heavy atom. The molecule has 3 N–H and O–H groups in total. The normalized spacial score (nSPS) is 26.1. The van der Waals surface area contributed by atoms with E-state index in [-0.39, 0.29) is 41.8 Å². The molecule has 28 heavy (non-hydrogen) atoms. The van der Waals surface area contributed by atoms with Crippen LogP contribution in [0, 0.1) is 23.4 Å². The van der Waals surface area contributed by atoms with Gasteiger partial charge in [0.15, 0.2) is 11.6 Å². The number of nitrogens with zero attached hydrogens (tertiary/aromatic N) is 1. The SMILES string of the molecule is CC(=O)NC(C)C(=O)N1[C@@H]2CC[C@H]1CC([C@H](N)Cc1cc(F)c(F)cc1F)C2. The lowest BCUT2D eigenvalue weighted by molar-refractivity contribution is -0.140. The number of nitrogens with one attached hydrogen (secondary N) is 1. The Morgan fingerprint density at radius 2 is 1.71 bits per heavy atom. The summed E-state index contributed by atoms with van der Waals surface area (Å²) in [6.45, 7) is 3.05. The molecule has 2 heterocycles. The Bertz CT molecular complexity index is 759. The van der Waals surface area contributed by atoms with Crippen molar-refractivity contribution in [2.24, 2.45) is 11.7 Å². The molecule has 2 amide bonds. The van der Waals surface area contributed by atoms with Gasteiger partial charge >= 0.3 is 0 Å². The first-order valence-corrected chi connectivity index (χ1v) is 9.65. The summed E-state index contributed by atoms with van der Waals surface area (Å²) in [7, 11) is 0. The van der Waals surface area contributed by atoms with Gasteiger partial charge in [-0.3, -0.25) is 9.59 Å². The van der Waals surface area contributed by atoms with Gasteiger partial charge in [-0.15, -0.1) is 0 Å². The summed E-state index contributed by atoms with van der Waals surface area (Å²) in [5.41, 5.74) is 6.36. The summed E-state index contributed by atoms with van der Waals surface area (Å²) >= 11 is 0. The van der Waals surface area contributed by atoms with Crippen LogP contribution in [0.4, 0.5) is 13.2 Å². The van der Waals surface area contributed by atoms with Gasteiger partial charge in [-0.25, -0.2) is 13.2 Å². The Morgan fingerprint density at radius 3 is 2.29 bits per heavy atom. The zero-order valence-electron chi connectivity index (χ0n) is 16.1. The van der Waals surface area contributed by atoms with Gasteiger partial charge in [-0.05, 0) is 56.6 Å². The van der Waals surface area contributed by atoms with Crippen LogP contribution in [-0.4, -0.2) is 40.9 Å². The highest BCUT2D eigenvalue weighted by Crippen LogP contribution is 2.40. The summed E-state index contributed by atoms with van der Waals surface area (Å²) < 4.78 is 40.5. The highest BCUT2D eigenvalue weighted by atomic mass is 19.2. The third-order valence-electron chi connectivity index (χ3n) is 5.96. The van der Waals surface area contributed by atoms with E-state index < -0.39 is 29.5 Å². The predicted octanol–water partition coefficient (Wildman–Crippen LogP) is 2.27. The number of nitrogens with two attached hydrogens (primary N) is 1. The van der Waals surface area contributed by atoms with Gasteiger partial charge < -0.3 is 16.0 Å².